The molecule has 0 fully saturated rings. The lowest BCUT2D eigenvalue weighted by Gasteiger charge is -2.31. The third-order valence-corrected chi connectivity index (χ3v) is 3.73. The van der Waals surface area contributed by atoms with E-state index >= 15 is 0 Å². The zero-order valence-electron chi connectivity index (χ0n) is 11.7. The van der Waals surface area contributed by atoms with Crippen LogP contribution in [0.4, 0.5) is 10.5 Å². The van der Waals surface area contributed by atoms with E-state index in [2.05, 4.69) is 0 Å². The van der Waals surface area contributed by atoms with E-state index in [1.54, 1.807) is 44.7 Å². The van der Waals surface area contributed by atoms with Gasteiger partial charge in [-0.1, -0.05) is 0 Å². The van der Waals surface area contributed by atoms with Crippen LogP contribution in [-0.2, 0) is 4.74 Å². The first-order valence-electron chi connectivity index (χ1n) is 6.28. The number of anilines is 1. The number of rotatable bonds is 1. The number of carboxylic acid groups (broad SMARTS) is 1. The molecule has 0 radical (unpaired) electrons. The summed E-state index contributed by atoms with van der Waals surface area (Å²) in [7, 11) is 0. The second kappa shape index (κ2) is 5.36. The number of carboxylic acids is 1. The van der Waals surface area contributed by atoms with Crippen molar-refractivity contribution in [3.63, 3.8) is 0 Å². The Bertz CT molecular complexity index is 551. The zero-order chi connectivity index (χ0) is 14.9. The van der Waals surface area contributed by atoms with Crippen molar-refractivity contribution in [1.82, 2.24) is 0 Å². The Balaban J connectivity index is 2.33. The summed E-state index contributed by atoms with van der Waals surface area (Å²) in [5, 5.41) is 9.06. The first-order valence-corrected chi connectivity index (χ1v) is 7.27. The molecular weight excluding hydrogens is 278 g/mol. The summed E-state index contributed by atoms with van der Waals surface area (Å²) in [5.41, 5.74) is 0.196. The molecule has 0 unspecified atom stereocenters. The molecule has 1 heterocycles. The van der Waals surface area contributed by atoms with E-state index in [0.29, 0.717) is 12.2 Å². The van der Waals surface area contributed by atoms with Gasteiger partial charge in [-0.05, 0) is 39.0 Å². The Morgan fingerprint density at radius 3 is 2.65 bits per heavy atom. The minimum atomic E-state index is -1.01. The highest BCUT2D eigenvalue weighted by molar-refractivity contribution is 7.99. The van der Waals surface area contributed by atoms with Crippen LogP contribution in [0.2, 0.25) is 0 Å². The van der Waals surface area contributed by atoms with Crippen molar-refractivity contribution in [3.05, 3.63) is 23.8 Å². The van der Waals surface area contributed by atoms with Crippen molar-refractivity contribution < 1.29 is 19.4 Å². The lowest BCUT2D eigenvalue weighted by atomic mass is 10.2. The van der Waals surface area contributed by atoms with E-state index in [1.165, 1.54) is 11.0 Å². The average Bonchev–Trinajstić information content (AvgIpc) is 2.35. The van der Waals surface area contributed by atoms with E-state index in [1.807, 2.05) is 0 Å². The number of aromatic carboxylic acids is 1. The van der Waals surface area contributed by atoms with Crippen LogP contribution in [0.25, 0.3) is 0 Å². The molecule has 0 aromatic heterocycles. The Morgan fingerprint density at radius 1 is 1.35 bits per heavy atom. The monoisotopic (exact) mass is 295 g/mol. The van der Waals surface area contributed by atoms with Crippen molar-refractivity contribution in [1.29, 1.82) is 0 Å². The Morgan fingerprint density at radius 2 is 2.05 bits per heavy atom. The van der Waals surface area contributed by atoms with Crippen LogP contribution in [0.5, 0.6) is 0 Å². The highest BCUT2D eigenvalue weighted by Crippen LogP contribution is 2.36. The number of nitrogens with zero attached hydrogens (tertiary/aromatic N) is 1. The number of carbonyl (C=O) groups excluding carboxylic acids is 1. The van der Waals surface area contributed by atoms with E-state index < -0.39 is 17.7 Å². The maximum Gasteiger partial charge on any atom is 0.414 e. The molecule has 0 aliphatic carbocycles. The second-order valence-electron chi connectivity index (χ2n) is 5.47. The standard InChI is InChI=1S/C14H17NO4S/c1-14(2,3)19-13(18)15-6-7-20-11-5-4-9(12(16)17)8-10(11)15/h4-5,8H,6-7H2,1-3H3,(H,16,17). The van der Waals surface area contributed by atoms with Gasteiger partial charge in [-0.15, -0.1) is 11.8 Å². The molecular formula is C14H17NO4S. The second-order valence-corrected chi connectivity index (χ2v) is 6.60. The van der Waals surface area contributed by atoms with Crippen molar-refractivity contribution >= 4 is 29.5 Å². The molecule has 1 aromatic rings. The van der Waals surface area contributed by atoms with Gasteiger partial charge in [0.1, 0.15) is 5.60 Å². The maximum absolute atomic E-state index is 12.2. The fourth-order valence-electron chi connectivity index (χ4n) is 1.86. The normalized spacial score (nSPS) is 14.7. The topological polar surface area (TPSA) is 66.8 Å². The van der Waals surface area contributed by atoms with Crippen molar-refractivity contribution in [2.45, 2.75) is 31.3 Å². The molecule has 1 aromatic carbocycles. The summed E-state index contributed by atoms with van der Waals surface area (Å²) in [5.74, 6) is -0.244. The van der Waals surface area contributed by atoms with Crippen molar-refractivity contribution in [3.8, 4) is 0 Å². The van der Waals surface area contributed by atoms with E-state index in [0.717, 1.165) is 10.6 Å². The Labute approximate surface area is 121 Å². The highest BCUT2D eigenvalue weighted by atomic mass is 32.2. The number of thioether (sulfide) groups is 1. The van der Waals surface area contributed by atoms with Crippen LogP contribution in [0.3, 0.4) is 0 Å². The summed E-state index contributed by atoms with van der Waals surface area (Å²) < 4.78 is 5.36. The van der Waals surface area contributed by atoms with Gasteiger partial charge in [0, 0.05) is 17.2 Å². The summed E-state index contributed by atoms with van der Waals surface area (Å²) in [6.45, 7) is 5.92. The van der Waals surface area contributed by atoms with E-state index in [-0.39, 0.29) is 5.56 Å². The molecule has 0 saturated carbocycles. The first kappa shape index (κ1) is 14.7. The van der Waals surface area contributed by atoms with Gasteiger partial charge in [-0.3, -0.25) is 4.90 Å². The molecule has 1 aliphatic heterocycles. The number of carbonyl (C=O) groups is 2. The van der Waals surface area contributed by atoms with Gasteiger partial charge in [0.15, 0.2) is 0 Å². The van der Waals surface area contributed by atoms with Crippen molar-refractivity contribution in [2.24, 2.45) is 0 Å². The first-order chi connectivity index (χ1) is 9.28. The molecule has 1 amide bonds. The van der Waals surface area contributed by atoms with E-state index in [4.69, 9.17) is 9.84 Å². The fraction of sp³-hybridized carbons (Fsp3) is 0.429. The molecule has 2 rings (SSSR count). The van der Waals surface area contributed by atoms with Gasteiger partial charge in [0.2, 0.25) is 0 Å². The average molecular weight is 295 g/mol. The van der Waals surface area contributed by atoms with Crippen LogP contribution in [0, 0.1) is 0 Å². The van der Waals surface area contributed by atoms with Gasteiger partial charge in [-0.25, -0.2) is 9.59 Å². The van der Waals surface area contributed by atoms with Crippen LogP contribution in [0.15, 0.2) is 23.1 Å². The Kier molecular flexibility index (Phi) is 3.94. The molecule has 1 aliphatic rings. The number of amides is 1. The molecule has 0 spiro atoms. The van der Waals surface area contributed by atoms with E-state index in [9.17, 15) is 9.59 Å². The third-order valence-electron chi connectivity index (χ3n) is 2.68. The highest BCUT2D eigenvalue weighted by Gasteiger charge is 2.28. The van der Waals surface area contributed by atoms with Gasteiger partial charge in [-0.2, -0.15) is 0 Å². The summed E-state index contributed by atoms with van der Waals surface area (Å²) in [6.07, 6.45) is -0.443. The summed E-state index contributed by atoms with van der Waals surface area (Å²) in [4.78, 5) is 25.7. The van der Waals surface area contributed by atoms with Gasteiger partial charge in [0.05, 0.1) is 11.3 Å². The molecule has 0 saturated heterocycles. The van der Waals surface area contributed by atoms with Crippen LogP contribution < -0.4 is 4.90 Å². The fourth-order valence-corrected chi connectivity index (χ4v) is 2.83. The number of hydrogen-bond donors (Lipinski definition) is 1. The van der Waals surface area contributed by atoms with Gasteiger partial charge in [0.25, 0.3) is 0 Å². The Hall–Kier alpha value is -1.69. The van der Waals surface area contributed by atoms with Crippen LogP contribution in [0.1, 0.15) is 31.1 Å². The SMILES string of the molecule is CC(C)(C)OC(=O)N1CCSc2ccc(C(=O)O)cc21. The smallest absolute Gasteiger partial charge is 0.414 e. The predicted octanol–water partition coefficient (Wildman–Crippen LogP) is 3.23. The van der Waals surface area contributed by atoms with Crippen LogP contribution in [-0.4, -0.2) is 35.1 Å². The quantitative estimate of drug-likeness (QED) is 0.861. The van der Waals surface area contributed by atoms with Gasteiger partial charge >= 0.3 is 12.1 Å². The molecule has 108 valence electrons. The summed E-state index contributed by atoms with van der Waals surface area (Å²) in [6, 6.07) is 4.81. The summed E-state index contributed by atoms with van der Waals surface area (Å²) >= 11 is 1.61. The molecule has 5 nitrogen and oxygen atoms in total. The minimum Gasteiger partial charge on any atom is -0.478 e. The molecule has 20 heavy (non-hydrogen) atoms. The van der Waals surface area contributed by atoms with Crippen molar-refractivity contribution in [2.75, 3.05) is 17.2 Å². The zero-order valence-corrected chi connectivity index (χ0v) is 12.5. The molecule has 6 heteroatoms. The number of ether oxygens (including phenoxy) is 1. The predicted molar refractivity (Wildman–Crippen MR) is 77.7 cm³/mol. The lowest BCUT2D eigenvalue weighted by Crippen LogP contribution is -2.39. The number of fused-ring (bicyclic) bond motifs is 1. The number of hydrogen-bond acceptors (Lipinski definition) is 4. The molecule has 1 N–H and O–H groups in total. The number of benzene rings is 1. The van der Waals surface area contributed by atoms with Gasteiger partial charge < -0.3 is 9.84 Å². The maximum atomic E-state index is 12.2. The molecule has 0 atom stereocenters. The minimum absolute atomic E-state index is 0.166. The third kappa shape index (κ3) is 3.25. The molecule has 0 bridgehead atoms. The van der Waals surface area contributed by atoms with Crippen LogP contribution >= 0.6 is 11.8 Å². The lowest BCUT2D eigenvalue weighted by molar-refractivity contribution is 0.0579. The largest absolute Gasteiger partial charge is 0.478 e.